The molecule has 0 aliphatic rings. The first-order chi connectivity index (χ1) is 10.5. The standard InChI is InChI=1S/C15H13BrN4O2/c1-8-6-12-13(20-15(22)19-12)7-11(8)18-14(21)17-10-5-3-2-4-9(10)16/h2-7H,1H3,(H2,17,18,21)(H2,19,20,22). The molecule has 0 unspecified atom stereocenters. The summed E-state index contributed by atoms with van der Waals surface area (Å²) < 4.78 is 0.798. The number of para-hydroxylation sites is 1. The number of carbonyl (C=O) groups is 1. The van der Waals surface area contributed by atoms with Crippen LogP contribution in [0, 0.1) is 6.92 Å². The van der Waals surface area contributed by atoms with E-state index < -0.39 is 0 Å². The van der Waals surface area contributed by atoms with Gasteiger partial charge in [0, 0.05) is 10.2 Å². The number of hydrogen-bond donors (Lipinski definition) is 4. The van der Waals surface area contributed by atoms with Gasteiger partial charge < -0.3 is 20.6 Å². The normalized spacial score (nSPS) is 10.6. The molecule has 2 aromatic carbocycles. The summed E-state index contributed by atoms with van der Waals surface area (Å²) in [6.07, 6.45) is 0. The molecule has 0 aliphatic carbocycles. The van der Waals surface area contributed by atoms with E-state index in [-0.39, 0.29) is 11.7 Å². The number of amides is 2. The molecule has 0 saturated heterocycles. The minimum absolute atomic E-state index is 0.274. The molecule has 1 heterocycles. The molecule has 22 heavy (non-hydrogen) atoms. The quantitative estimate of drug-likeness (QED) is 0.562. The third kappa shape index (κ3) is 2.89. The molecular weight excluding hydrogens is 348 g/mol. The molecule has 1 aromatic heterocycles. The Balaban J connectivity index is 1.83. The first kappa shape index (κ1) is 14.4. The summed E-state index contributed by atoms with van der Waals surface area (Å²) in [6.45, 7) is 1.86. The largest absolute Gasteiger partial charge is 0.323 e. The van der Waals surface area contributed by atoms with Crippen LogP contribution in [-0.2, 0) is 0 Å². The van der Waals surface area contributed by atoms with Crippen molar-refractivity contribution in [2.75, 3.05) is 10.6 Å². The van der Waals surface area contributed by atoms with E-state index >= 15 is 0 Å². The van der Waals surface area contributed by atoms with Crippen LogP contribution in [0.1, 0.15) is 5.56 Å². The van der Waals surface area contributed by atoms with Crippen molar-refractivity contribution in [2.45, 2.75) is 6.92 Å². The third-order valence-corrected chi connectivity index (χ3v) is 3.92. The van der Waals surface area contributed by atoms with Crippen LogP contribution in [0.15, 0.2) is 45.7 Å². The molecule has 0 spiro atoms. The number of carbonyl (C=O) groups excluding carboxylic acids is 1. The Kier molecular flexibility index (Phi) is 3.72. The van der Waals surface area contributed by atoms with Crippen LogP contribution in [0.3, 0.4) is 0 Å². The van der Waals surface area contributed by atoms with Gasteiger partial charge in [0.2, 0.25) is 0 Å². The molecule has 112 valence electrons. The lowest BCUT2D eigenvalue weighted by molar-refractivity contribution is 0.262. The number of H-pyrrole nitrogens is 2. The number of aromatic amines is 2. The Morgan fingerprint density at radius 3 is 2.41 bits per heavy atom. The summed E-state index contributed by atoms with van der Waals surface area (Å²) in [5, 5.41) is 5.54. The second-order valence-corrected chi connectivity index (χ2v) is 5.71. The van der Waals surface area contributed by atoms with Gasteiger partial charge in [-0.25, -0.2) is 9.59 Å². The monoisotopic (exact) mass is 360 g/mol. The number of halogens is 1. The number of fused-ring (bicyclic) bond motifs is 1. The van der Waals surface area contributed by atoms with E-state index in [1.165, 1.54) is 0 Å². The number of urea groups is 1. The van der Waals surface area contributed by atoms with E-state index in [1.807, 2.05) is 25.1 Å². The van der Waals surface area contributed by atoms with Gasteiger partial charge in [0.05, 0.1) is 16.7 Å². The second-order valence-electron chi connectivity index (χ2n) is 4.85. The smallest absolute Gasteiger partial charge is 0.307 e. The van der Waals surface area contributed by atoms with Crippen LogP contribution in [0.2, 0.25) is 0 Å². The fourth-order valence-electron chi connectivity index (χ4n) is 2.16. The molecule has 0 fully saturated rings. The van der Waals surface area contributed by atoms with E-state index in [1.54, 1.807) is 18.2 Å². The van der Waals surface area contributed by atoms with Crippen LogP contribution >= 0.6 is 15.9 Å². The van der Waals surface area contributed by atoms with E-state index in [2.05, 4.69) is 36.5 Å². The van der Waals surface area contributed by atoms with Gasteiger partial charge in [0.25, 0.3) is 0 Å². The number of hydrogen-bond acceptors (Lipinski definition) is 2. The van der Waals surface area contributed by atoms with Crippen LogP contribution < -0.4 is 16.3 Å². The average Bonchev–Trinajstić information content (AvgIpc) is 2.81. The highest BCUT2D eigenvalue weighted by molar-refractivity contribution is 9.10. The highest BCUT2D eigenvalue weighted by Crippen LogP contribution is 2.23. The second kappa shape index (κ2) is 5.69. The number of aromatic nitrogens is 2. The Bertz CT molecular complexity index is 913. The van der Waals surface area contributed by atoms with Crippen molar-refractivity contribution in [1.82, 2.24) is 9.97 Å². The molecule has 3 aromatic rings. The molecule has 0 radical (unpaired) electrons. The maximum atomic E-state index is 12.1. The summed E-state index contributed by atoms with van der Waals surface area (Å²) >= 11 is 3.37. The lowest BCUT2D eigenvalue weighted by atomic mass is 10.2. The molecular formula is C15H13BrN4O2. The number of nitrogens with one attached hydrogen (secondary N) is 4. The molecule has 3 rings (SSSR count). The predicted molar refractivity (Wildman–Crippen MR) is 90.4 cm³/mol. The molecule has 0 atom stereocenters. The molecule has 0 saturated carbocycles. The van der Waals surface area contributed by atoms with Gasteiger partial charge >= 0.3 is 11.7 Å². The van der Waals surface area contributed by atoms with Crippen molar-refractivity contribution in [1.29, 1.82) is 0 Å². The lowest BCUT2D eigenvalue weighted by Crippen LogP contribution is -2.20. The molecule has 7 heteroatoms. The summed E-state index contributed by atoms with van der Waals surface area (Å²) in [6, 6.07) is 10.5. The van der Waals surface area contributed by atoms with Crippen molar-refractivity contribution in [2.24, 2.45) is 0 Å². The predicted octanol–water partition coefficient (Wildman–Crippen LogP) is 3.57. The molecule has 2 amide bonds. The van der Waals surface area contributed by atoms with Gasteiger partial charge in [-0.3, -0.25) is 0 Å². The van der Waals surface area contributed by atoms with Crippen molar-refractivity contribution in [3.05, 3.63) is 56.9 Å². The number of imidazole rings is 1. The molecule has 0 bridgehead atoms. The van der Waals surface area contributed by atoms with E-state index in [4.69, 9.17) is 0 Å². The van der Waals surface area contributed by atoms with Crippen LogP contribution in [0.4, 0.5) is 16.2 Å². The topological polar surface area (TPSA) is 89.8 Å². The van der Waals surface area contributed by atoms with Gasteiger partial charge in [-0.1, -0.05) is 12.1 Å². The fourth-order valence-corrected chi connectivity index (χ4v) is 2.55. The van der Waals surface area contributed by atoms with Gasteiger partial charge in [0.1, 0.15) is 0 Å². The summed E-state index contributed by atoms with van der Waals surface area (Å²) in [4.78, 5) is 28.8. The van der Waals surface area contributed by atoms with Crippen LogP contribution in [-0.4, -0.2) is 16.0 Å². The minimum Gasteiger partial charge on any atom is -0.307 e. The zero-order chi connectivity index (χ0) is 15.7. The number of rotatable bonds is 2. The van der Waals surface area contributed by atoms with Crippen LogP contribution in [0.25, 0.3) is 11.0 Å². The minimum atomic E-state index is -0.354. The SMILES string of the molecule is Cc1cc2[nH]c(=O)[nH]c2cc1NC(=O)Nc1ccccc1Br. The highest BCUT2D eigenvalue weighted by atomic mass is 79.9. The fraction of sp³-hybridized carbons (Fsp3) is 0.0667. The van der Waals surface area contributed by atoms with Gasteiger partial charge in [-0.2, -0.15) is 0 Å². The Labute approximate surface area is 134 Å². The number of benzene rings is 2. The van der Waals surface area contributed by atoms with E-state index in [0.717, 1.165) is 10.0 Å². The maximum Gasteiger partial charge on any atom is 0.323 e. The van der Waals surface area contributed by atoms with E-state index in [0.29, 0.717) is 22.4 Å². The van der Waals surface area contributed by atoms with Crippen molar-refractivity contribution < 1.29 is 4.79 Å². The lowest BCUT2D eigenvalue weighted by Gasteiger charge is -2.11. The zero-order valence-corrected chi connectivity index (χ0v) is 13.2. The Morgan fingerprint density at radius 1 is 1.05 bits per heavy atom. The molecule has 0 aliphatic heterocycles. The highest BCUT2D eigenvalue weighted by Gasteiger charge is 2.09. The van der Waals surface area contributed by atoms with Gasteiger partial charge in [-0.15, -0.1) is 0 Å². The maximum absolute atomic E-state index is 12.1. The summed E-state index contributed by atoms with van der Waals surface area (Å²) in [5.74, 6) is 0. The van der Waals surface area contributed by atoms with Gasteiger partial charge in [-0.05, 0) is 52.7 Å². The molecule has 4 N–H and O–H groups in total. The van der Waals surface area contributed by atoms with Crippen LogP contribution in [0.5, 0.6) is 0 Å². The molecule has 6 nitrogen and oxygen atoms in total. The zero-order valence-electron chi connectivity index (χ0n) is 11.7. The first-order valence-corrected chi connectivity index (χ1v) is 7.37. The van der Waals surface area contributed by atoms with Crippen molar-refractivity contribution in [3.8, 4) is 0 Å². The summed E-state index contributed by atoms with van der Waals surface area (Å²) in [7, 11) is 0. The van der Waals surface area contributed by atoms with Crippen molar-refractivity contribution >= 4 is 44.4 Å². The van der Waals surface area contributed by atoms with Crippen molar-refractivity contribution in [3.63, 3.8) is 0 Å². The first-order valence-electron chi connectivity index (χ1n) is 6.58. The van der Waals surface area contributed by atoms with Gasteiger partial charge in [0.15, 0.2) is 0 Å². The summed E-state index contributed by atoms with van der Waals surface area (Å²) in [5.41, 5.74) is 3.24. The Hall–Kier alpha value is -2.54. The number of aryl methyl sites for hydroxylation is 1. The average molecular weight is 361 g/mol. The Morgan fingerprint density at radius 2 is 1.68 bits per heavy atom. The number of anilines is 2. The van der Waals surface area contributed by atoms with E-state index in [9.17, 15) is 9.59 Å². The third-order valence-electron chi connectivity index (χ3n) is 3.23.